The summed E-state index contributed by atoms with van der Waals surface area (Å²) in [6.45, 7) is 0.587. The van der Waals surface area contributed by atoms with Crippen LogP contribution in [-0.4, -0.2) is 46.4 Å². The molecule has 0 spiro atoms. The summed E-state index contributed by atoms with van der Waals surface area (Å²) in [5, 5.41) is 47.7. The first-order valence-corrected chi connectivity index (χ1v) is 7.87. The third-order valence-electron chi connectivity index (χ3n) is 3.59. The highest BCUT2D eigenvalue weighted by Crippen LogP contribution is 2.32. The maximum absolute atomic E-state index is 11.1. The average Bonchev–Trinajstić information content (AvgIpc) is 2.66. The number of rotatable bonds is 9. The van der Waals surface area contributed by atoms with E-state index in [-0.39, 0.29) is 18.9 Å². The molecule has 0 saturated heterocycles. The second kappa shape index (κ2) is 9.31. The number of nitro benzene ring substituents is 2. The highest BCUT2D eigenvalue weighted by Gasteiger charge is 2.19. The first-order valence-electron chi connectivity index (χ1n) is 7.87. The molecule has 2 aromatic carbocycles. The Labute approximate surface area is 153 Å². The van der Waals surface area contributed by atoms with E-state index in [4.69, 9.17) is 10.2 Å². The molecule has 27 heavy (non-hydrogen) atoms. The lowest BCUT2D eigenvalue weighted by molar-refractivity contribution is -0.393. The summed E-state index contributed by atoms with van der Waals surface area (Å²) in [5.74, 6) is 0. The average molecular weight is 375 g/mol. The molecule has 0 amide bonds. The van der Waals surface area contributed by atoms with Crippen molar-refractivity contribution in [3.63, 3.8) is 0 Å². The second-order valence-corrected chi connectivity index (χ2v) is 5.34. The van der Waals surface area contributed by atoms with Crippen molar-refractivity contribution >= 4 is 28.4 Å². The molecule has 0 fully saturated rings. The highest BCUT2D eigenvalue weighted by atomic mass is 16.6. The van der Waals surface area contributed by atoms with Crippen molar-refractivity contribution in [2.45, 2.75) is 0 Å². The van der Waals surface area contributed by atoms with E-state index >= 15 is 0 Å². The number of anilines is 1. The van der Waals surface area contributed by atoms with E-state index in [1.807, 2.05) is 0 Å². The minimum absolute atomic E-state index is 0.0642. The molecule has 2 N–H and O–H groups in total. The summed E-state index contributed by atoms with van der Waals surface area (Å²) in [4.78, 5) is 22.1. The Morgan fingerprint density at radius 1 is 0.889 bits per heavy atom. The number of azo groups is 1. The molecule has 11 nitrogen and oxygen atoms in total. The van der Waals surface area contributed by atoms with E-state index in [2.05, 4.69) is 10.2 Å². The van der Waals surface area contributed by atoms with E-state index in [0.29, 0.717) is 18.8 Å². The van der Waals surface area contributed by atoms with Crippen molar-refractivity contribution in [3.8, 4) is 0 Å². The van der Waals surface area contributed by atoms with Crippen LogP contribution < -0.4 is 4.90 Å². The predicted octanol–water partition coefficient (Wildman–Crippen LogP) is 2.71. The van der Waals surface area contributed by atoms with Crippen LogP contribution in [0.5, 0.6) is 0 Å². The van der Waals surface area contributed by atoms with Crippen molar-refractivity contribution in [2.24, 2.45) is 10.2 Å². The van der Waals surface area contributed by atoms with Crippen LogP contribution >= 0.6 is 0 Å². The largest absolute Gasteiger partial charge is 0.395 e. The van der Waals surface area contributed by atoms with Crippen molar-refractivity contribution in [3.05, 3.63) is 62.7 Å². The Hall–Kier alpha value is -3.44. The molecule has 0 aliphatic heterocycles. The van der Waals surface area contributed by atoms with Gasteiger partial charge in [0.15, 0.2) is 5.69 Å². The fourth-order valence-electron chi connectivity index (χ4n) is 2.31. The molecule has 2 aromatic rings. The molecular formula is C16H17N5O6. The monoisotopic (exact) mass is 375 g/mol. The fourth-order valence-corrected chi connectivity index (χ4v) is 2.31. The molecule has 0 aliphatic rings. The SMILES string of the molecule is O=[N+]([O-])c1ccc(N=Nc2ccc(N(CCO)CCO)cc2)c([N+](=O)[O-])c1. The Kier molecular flexibility index (Phi) is 6.86. The van der Waals surface area contributed by atoms with E-state index < -0.39 is 21.2 Å². The Balaban J connectivity index is 2.23. The molecule has 0 unspecified atom stereocenters. The predicted molar refractivity (Wildman–Crippen MR) is 96.8 cm³/mol. The third kappa shape index (κ3) is 5.26. The molecular weight excluding hydrogens is 358 g/mol. The van der Waals surface area contributed by atoms with Gasteiger partial charge < -0.3 is 15.1 Å². The fraction of sp³-hybridized carbons (Fsp3) is 0.250. The minimum Gasteiger partial charge on any atom is -0.395 e. The van der Waals surface area contributed by atoms with Crippen LogP contribution in [0, 0.1) is 20.2 Å². The van der Waals surface area contributed by atoms with Gasteiger partial charge in [0.25, 0.3) is 5.69 Å². The summed E-state index contributed by atoms with van der Waals surface area (Å²) in [5.41, 5.74) is 0.161. The molecule has 0 heterocycles. The molecule has 0 radical (unpaired) electrons. The van der Waals surface area contributed by atoms with Gasteiger partial charge in [-0.3, -0.25) is 20.2 Å². The van der Waals surface area contributed by atoms with Crippen molar-refractivity contribution in [2.75, 3.05) is 31.2 Å². The maximum atomic E-state index is 11.1. The van der Waals surface area contributed by atoms with Crippen molar-refractivity contribution in [1.82, 2.24) is 0 Å². The molecule has 0 bridgehead atoms. The van der Waals surface area contributed by atoms with Gasteiger partial charge in [-0.2, -0.15) is 5.11 Å². The molecule has 0 atom stereocenters. The summed E-state index contributed by atoms with van der Waals surface area (Å²) in [6, 6.07) is 9.78. The van der Waals surface area contributed by atoms with Gasteiger partial charge in [-0.05, 0) is 30.3 Å². The lowest BCUT2D eigenvalue weighted by Crippen LogP contribution is -2.29. The maximum Gasteiger partial charge on any atom is 0.303 e. The number of hydrogen-bond acceptors (Lipinski definition) is 9. The number of nitro groups is 2. The Morgan fingerprint density at radius 2 is 1.52 bits per heavy atom. The van der Waals surface area contributed by atoms with Crippen LogP contribution in [0.25, 0.3) is 0 Å². The van der Waals surface area contributed by atoms with Crippen molar-refractivity contribution < 1.29 is 20.1 Å². The molecule has 0 aliphatic carbocycles. The smallest absolute Gasteiger partial charge is 0.303 e. The Bertz CT molecular complexity index is 834. The molecule has 11 heteroatoms. The summed E-state index contributed by atoms with van der Waals surface area (Å²) < 4.78 is 0. The van der Waals surface area contributed by atoms with Crippen LogP contribution in [0.4, 0.5) is 28.4 Å². The zero-order valence-corrected chi connectivity index (χ0v) is 14.1. The first-order chi connectivity index (χ1) is 13.0. The summed E-state index contributed by atoms with van der Waals surface area (Å²) in [6.07, 6.45) is 0. The van der Waals surface area contributed by atoms with E-state index in [1.54, 1.807) is 29.2 Å². The second-order valence-electron chi connectivity index (χ2n) is 5.34. The van der Waals surface area contributed by atoms with Gasteiger partial charge in [-0.25, -0.2) is 0 Å². The van der Waals surface area contributed by atoms with Gasteiger partial charge in [0.05, 0.1) is 34.8 Å². The summed E-state index contributed by atoms with van der Waals surface area (Å²) in [7, 11) is 0. The normalized spacial score (nSPS) is 10.9. The number of aliphatic hydroxyl groups is 2. The molecule has 0 saturated carbocycles. The number of hydrogen-bond donors (Lipinski definition) is 2. The van der Waals surface area contributed by atoms with E-state index in [0.717, 1.165) is 17.8 Å². The van der Waals surface area contributed by atoms with Gasteiger partial charge in [0.2, 0.25) is 0 Å². The van der Waals surface area contributed by atoms with Gasteiger partial charge in [0, 0.05) is 24.8 Å². The van der Waals surface area contributed by atoms with Crippen LogP contribution in [0.15, 0.2) is 52.7 Å². The van der Waals surface area contributed by atoms with E-state index in [1.165, 1.54) is 6.07 Å². The van der Waals surface area contributed by atoms with Crippen LogP contribution in [-0.2, 0) is 0 Å². The lowest BCUT2D eigenvalue weighted by Gasteiger charge is -2.22. The molecule has 142 valence electrons. The molecule has 2 rings (SSSR count). The third-order valence-corrected chi connectivity index (χ3v) is 3.59. The van der Waals surface area contributed by atoms with Gasteiger partial charge in [0.1, 0.15) is 0 Å². The zero-order valence-electron chi connectivity index (χ0n) is 14.1. The highest BCUT2D eigenvalue weighted by molar-refractivity contribution is 5.62. The topological polar surface area (TPSA) is 155 Å². The minimum atomic E-state index is -0.758. The molecule has 0 aromatic heterocycles. The van der Waals surface area contributed by atoms with Gasteiger partial charge >= 0.3 is 5.69 Å². The van der Waals surface area contributed by atoms with Crippen LogP contribution in [0.1, 0.15) is 0 Å². The number of aliphatic hydroxyl groups excluding tert-OH is 2. The number of non-ortho nitro benzene ring substituents is 1. The van der Waals surface area contributed by atoms with Crippen LogP contribution in [0.2, 0.25) is 0 Å². The summed E-state index contributed by atoms with van der Waals surface area (Å²) >= 11 is 0. The zero-order chi connectivity index (χ0) is 19.8. The first kappa shape index (κ1) is 19.9. The van der Waals surface area contributed by atoms with E-state index in [9.17, 15) is 20.2 Å². The quantitative estimate of drug-likeness (QED) is 0.388. The lowest BCUT2D eigenvalue weighted by atomic mass is 10.2. The number of benzene rings is 2. The van der Waals surface area contributed by atoms with Crippen LogP contribution in [0.3, 0.4) is 0 Å². The van der Waals surface area contributed by atoms with Gasteiger partial charge in [-0.1, -0.05) is 0 Å². The number of nitrogens with zero attached hydrogens (tertiary/aromatic N) is 5. The van der Waals surface area contributed by atoms with Crippen molar-refractivity contribution in [1.29, 1.82) is 0 Å². The van der Waals surface area contributed by atoms with Gasteiger partial charge in [-0.15, -0.1) is 5.11 Å². The standard InChI is InChI=1S/C16H17N5O6/c22-9-7-19(8-10-23)13-3-1-12(2-4-13)17-18-15-6-5-14(20(24)25)11-16(15)21(26)27/h1-6,11,22-23H,7-10H2. The Morgan fingerprint density at radius 3 is 2.04 bits per heavy atom.